The minimum atomic E-state index is -3.07. The molecule has 2 aromatic heterocycles. The number of halogens is 2. The Hall–Kier alpha value is -4.26. The van der Waals surface area contributed by atoms with Gasteiger partial charge < -0.3 is 35.2 Å². The van der Waals surface area contributed by atoms with Gasteiger partial charge in [0.2, 0.25) is 0 Å². The van der Waals surface area contributed by atoms with Crippen LogP contribution in [0.4, 0.5) is 37.3 Å². The van der Waals surface area contributed by atoms with Gasteiger partial charge in [0.05, 0.1) is 34.5 Å². The van der Waals surface area contributed by atoms with E-state index in [1.807, 2.05) is 68.7 Å². The van der Waals surface area contributed by atoms with Crippen LogP contribution in [-0.4, -0.2) is 78.9 Å². The second-order valence-corrected chi connectivity index (χ2v) is 11.7. The van der Waals surface area contributed by atoms with Crippen LogP contribution in [-0.2, 0) is 10.2 Å². The number of aromatic nitrogens is 3. The highest BCUT2D eigenvalue weighted by Crippen LogP contribution is 2.49. The number of hydrogen-bond acceptors (Lipinski definition) is 11. The maximum Gasteiger partial charge on any atom is 0.387 e. The van der Waals surface area contributed by atoms with E-state index >= 15 is 0 Å². The van der Waals surface area contributed by atoms with Gasteiger partial charge in [-0.15, -0.1) is 0 Å². The second-order valence-electron chi connectivity index (χ2n) is 11.7. The highest BCUT2D eigenvalue weighted by Gasteiger charge is 2.48. The SMILES string of the molecule is Cc1ccc2c(n1)C(C)(C)C(Nc1cc(N)c(N(C)CCN(C)C)cc1OC(F)F)N2c1ncncc1C(=O)OC(C)C. The predicted octanol–water partition coefficient (Wildman–Crippen LogP) is 4.79. The largest absolute Gasteiger partial charge is 0.459 e. The first-order valence-corrected chi connectivity index (χ1v) is 14.0. The van der Waals surface area contributed by atoms with Crippen molar-refractivity contribution in [2.45, 2.75) is 58.9 Å². The Morgan fingerprint density at radius 2 is 1.91 bits per heavy atom. The molecule has 3 aromatic rings. The van der Waals surface area contributed by atoms with Crippen molar-refractivity contribution in [3.05, 3.63) is 53.7 Å². The molecule has 0 amide bonds. The molecule has 3 N–H and O–H groups in total. The summed E-state index contributed by atoms with van der Waals surface area (Å²) in [4.78, 5) is 32.3. The van der Waals surface area contributed by atoms with E-state index in [-0.39, 0.29) is 28.9 Å². The van der Waals surface area contributed by atoms with E-state index in [1.165, 1.54) is 18.6 Å². The maximum absolute atomic E-state index is 13.7. The lowest BCUT2D eigenvalue weighted by molar-refractivity contribution is -0.0493. The summed E-state index contributed by atoms with van der Waals surface area (Å²) in [6.45, 7) is 7.62. The first-order valence-electron chi connectivity index (χ1n) is 14.0. The van der Waals surface area contributed by atoms with Gasteiger partial charge in [-0.2, -0.15) is 8.78 Å². The number of carbonyl (C=O) groups is 1. The number of alkyl halides is 2. The van der Waals surface area contributed by atoms with Gasteiger partial charge in [-0.05, 0) is 53.1 Å². The number of anilines is 5. The molecule has 232 valence electrons. The Labute approximate surface area is 251 Å². The fourth-order valence-corrected chi connectivity index (χ4v) is 5.07. The molecule has 1 aliphatic heterocycles. The van der Waals surface area contributed by atoms with E-state index in [4.69, 9.17) is 20.2 Å². The third-order valence-electron chi connectivity index (χ3n) is 7.24. The van der Waals surface area contributed by atoms with E-state index in [2.05, 4.69) is 15.3 Å². The molecule has 13 heteroatoms. The number of nitrogens with one attached hydrogen (secondary N) is 1. The number of carbonyl (C=O) groups excluding carboxylic acids is 1. The van der Waals surface area contributed by atoms with Gasteiger partial charge in [-0.3, -0.25) is 4.98 Å². The number of benzene rings is 1. The molecule has 1 atom stereocenters. The van der Waals surface area contributed by atoms with Gasteiger partial charge in [-0.25, -0.2) is 14.8 Å². The van der Waals surface area contributed by atoms with Crippen LogP contribution >= 0.6 is 0 Å². The smallest absolute Gasteiger partial charge is 0.387 e. The number of fused-ring (bicyclic) bond motifs is 1. The molecule has 4 rings (SSSR count). The number of rotatable bonds is 11. The van der Waals surface area contributed by atoms with E-state index in [0.29, 0.717) is 23.6 Å². The molecule has 43 heavy (non-hydrogen) atoms. The van der Waals surface area contributed by atoms with Crippen molar-refractivity contribution in [2.24, 2.45) is 0 Å². The third kappa shape index (κ3) is 6.71. The zero-order valence-electron chi connectivity index (χ0n) is 25.9. The fourth-order valence-electron chi connectivity index (χ4n) is 5.07. The summed E-state index contributed by atoms with van der Waals surface area (Å²) in [5, 5.41) is 3.39. The minimum Gasteiger partial charge on any atom is -0.459 e. The monoisotopic (exact) mass is 598 g/mol. The Kier molecular flexibility index (Phi) is 9.24. The van der Waals surface area contributed by atoms with Gasteiger partial charge in [0.1, 0.15) is 18.1 Å². The lowest BCUT2D eigenvalue weighted by Crippen LogP contribution is -2.46. The van der Waals surface area contributed by atoms with Crippen LogP contribution in [0.3, 0.4) is 0 Å². The van der Waals surface area contributed by atoms with E-state index in [9.17, 15) is 13.6 Å². The molecule has 1 aliphatic rings. The molecule has 0 radical (unpaired) electrons. The molecular weight excluding hydrogens is 558 g/mol. The topological polar surface area (TPSA) is 122 Å². The summed E-state index contributed by atoms with van der Waals surface area (Å²) in [7, 11) is 5.74. The van der Waals surface area contributed by atoms with Crippen molar-refractivity contribution in [1.82, 2.24) is 19.9 Å². The van der Waals surface area contributed by atoms with Gasteiger partial charge in [0.15, 0.2) is 11.6 Å². The standard InChI is InChI=1S/C30H40F2N8O3/c1-17(2)42-27(41)19-15-34-16-35-26(19)40-22-10-9-18(3)36-25(22)30(4,5)28(40)37-21-13-20(33)23(14-24(21)43-29(31)32)39(8)12-11-38(6)7/h9-10,13-17,28-29,37H,11-12,33H2,1-8H3. The van der Waals surface area contributed by atoms with Crippen LogP contribution in [0.15, 0.2) is 36.8 Å². The van der Waals surface area contributed by atoms with Crippen LogP contribution in [0, 0.1) is 6.92 Å². The Balaban J connectivity index is 1.85. The number of nitrogens with two attached hydrogens (primary N) is 1. The van der Waals surface area contributed by atoms with Crippen LogP contribution in [0.5, 0.6) is 5.75 Å². The Morgan fingerprint density at radius 3 is 2.56 bits per heavy atom. The van der Waals surface area contributed by atoms with Crippen LogP contribution in [0.2, 0.25) is 0 Å². The van der Waals surface area contributed by atoms with E-state index < -0.39 is 24.2 Å². The Morgan fingerprint density at radius 1 is 1.19 bits per heavy atom. The number of hydrogen-bond donors (Lipinski definition) is 2. The third-order valence-corrected chi connectivity index (χ3v) is 7.24. The summed E-state index contributed by atoms with van der Waals surface area (Å²) in [5.41, 5.74) is 9.31. The molecule has 0 fully saturated rings. The molecule has 0 aliphatic carbocycles. The van der Waals surface area contributed by atoms with Crippen LogP contribution in [0.25, 0.3) is 0 Å². The number of nitrogen functional groups attached to an aromatic ring is 1. The summed E-state index contributed by atoms with van der Waals surface area (Å²) in [6.07, 6.45) is 1.70. The van der Waals surface area contributed by atoms with Crippen LogP contribution in [0.1, 0.15) is 49.4 Å². The first kappa shape index (κ1) is 31.7. The van der Waals surface area contributed by atoms with E-state index in [1.54, 1.807) is 19.9 Å². The second kappa shape index (κ2) is 12.5. The van der Waals surface area contributed by atoms with Crippen molar-refractivity contribution in [3.8, 4) is 5.75 Å². The van der Waals surface area contributed by atoms with Crippen molar-refractivity contribution in [1.29, 1.82) is 0 Å². The highest BCUT2D eigenvalue weighted by molar-refractivity contribution is 5.96. The lowest BCUT2D eigenvalue weighted by Gasteiger charge is -2.36. The average molecular weight is 599 g/mol. The molecule has 3 heterocycles. The van der Waals surface area contributed by atoms with Gasteiger partial charge in [0.25, 0.3) is 0 Å². The van der Waals surface area contributed by atoms with Gasteiger partial charge >= 0.3 is 12.6 Å². The predicted molar refractivity (Wildman–Crippen MR) is 163 cm³/mol. The Bertz CT molecular complexity index is 1470. The number of esters is 1. The van der Waals surface area contributed by atoms with E-state index in [0.717, 1.165) is 17.9 Å². The number of pyridine rings is 1. The molecule has 1 aromatic carbocycles. The molecule has 0 saturated carbocycles. The quantitative estimate of drug-likeness (QED) is 0.234. The number of nitrogens with zero attached hydrogens (tertiary/aromatic N) is 6. The molecular formula is C30H40F2N8O3. The zero-order valence-corrected chi connectivity index (χ0v) is 25.9. The van der Waals surface area contributed by atoms with Crippen molar-refractivity contribution in [3.63, 3.8) is 0 Å². The molecule has 0 saturated heterocycles. The van der Waals surface area contributed by atoms with Gasteiger partial charge in [-0.1, -0.05) is 13.8 Å². The maximum atomic E-state index is 13.7. The average Bonchev–Trinajstić information content (AvgIpc) is 3.13. The summed E-state index contributed by atoms with van der Waals surface area (Å²) in [6, 6.07) is 6.86. The molecule has 11 nitrogen and oxygen atoms in total. The molecule has 1 unspecified atom stereocenters. The molecule has 0 spiro atoms. The van der Waals surface area contributed by atoms with Crippen molar-refractivity contribution < 1.29 is 23.0 Å². The number of ether oxygens (including phenoxy) is 2. The minimum absolute atomic E-state index is 0.0751. The summed E-state index contributed by atoms with van der Waals surface area (Å²) < 4.78 is 37.9. The van der Waals surface area contributed by atoms with Gasteiger partial charge in [0, 0.05) is 43.5 Å². The zero-order chi connectivity index (χ0) is 31.6. The van der Waals surface area contributed by atoms with Crippen molar-refractivity contribution in [2.75, 3.05) is 55.1 Å². The van der Waals surface area contributed by atoms with Crippen LogP contribution < -0.4 is 25.6 Å². The summed E-state index contributed by atoms with van der Waals surface area (Å²) in [5.74, 6) is -0.388. The normalized spacial score (nSPS) is 15.7. The lowest BCUT2D eigenvalue weighted by atomic mass is 9.87. The first-order chi connectivity index (χ1) is 20.2. The summed E-state index contributed by atoms with van der Waals surface area (Å²) >= 11 is 0. The number of likely N-dealkylation sites (N-methyl/N-ethyl adjacent to an activating group) is 2. The molecule has 0 bridgehead atoms. The number of aryl methyl sites for hydroxylation is 1. The fraction of sp³-hybridized carbons (Fsp3) is 0.467. The highest BCUT2D eigenvalue weighted by atomic mass is 19.3. The van der Waals surface area contributed by atoms with Crippen molar-refractivity contribution >= 4 is 34.5 Å².